The van der Waals surface area contributed by atoms with Crippen molar-refractivity contribution in [1.82, 2.24) is 4.37 Å². The van der Waals surface area contributed by atoms with Gasteiger partial charge in [-0.1, -0.05) is 0 Å². The Kier molecular flexibility index (Phi) is 2.49. The summed E-state index contributed by atoms with van der Waals surface area (Å²) in [4.78, 5) is 20.9. The van der Waals surface area contributed by atoms with E-state index in [1.807, 2.05) is 0 Å². The van der Waals surface area contributed by atoms with E-state index in [9.17, 15) is 9.70 Å². The van der Waals surface area contributed by atoms with Crippen LogP contribution in [0.4, 0.5) is 10.7 Å². The van der Waals surface area contributed by atoms with Gasteiger partial charge in [0.25, 0.3) is 0 Å². The van der Waals surface area contributed by atoms with Gasteiger partial charge >= 0.3 is 0 Å². The van der Waals surface area contributed by atoms with Crippen molar-refractivity contribution >= 4 is 28.1 Å². The van der Waals surface area contributed by atoms with Crippen molar-refractivity contribution in [2.24, 2.45) is 5.18 Å². The van der Waals surface area contributed by atoms with Crippen LogP contribution in [0.3, 0.4) is 0 Å². The van der Waals surface area contributed by atoms with Crippen LogP contribution in [0.5, 0.6) is 0 Å². The topological polar surface area (TPSA) is 71.4 Å². The van der Waals surface area contributed by atoms with Gasteiger partial charge in [0.1, 0.15) is 5.00 Å². The highest BCUT2D eigenvalue weighted by Crippen LogP contribution is 2.32. The van der Waals surface area contributed by atoms with Gasteiger partial charge in [-0.2, -0.15) is 4.37 Å². The van der Waals surface area contributed by atoms with Gasteiger partial charge in [-0.15, -0.1) is 4.91 Å². The molecular weight excluding hydrogens is 178 g/mol. The second kappa shape index (κ2) is 3.40. The average Bonchev–Trinajstić information content (AvgIpc) is 2.30. The Balaban J connectivity index is 2.99. The van der Waals surface area contributed by atoms with E-state index in [1.54, 1.807) is 6.92 Å². The smallest absolute Gasteiger partial charge is 0.221 e. The van der Waals surface area contributed by atoms with E-state index in [-0.39, 0.29) is 11.6 Å². The Morgan fingerprint density at radius 2 is 2.33 bits per heavy atom. The third-order valence-corrected chi connectivity index (χ3v) is 2.06. The predicted molar refractivity (Wildman–Crippen MR) is 46.6 cm³/mol. The quantitative estimate of drug-likeness (QED) is 0.714. The highest BCUT2D eigenvalue weighted by Gasteiger charge is 2.11. The van der Waals surface area contributed by atoms with Crippen molar-refractivity contribution in [2.45, 2.75) is 13.8 Å². The van der Waals surface area contributed by atoms with Gasteiger partial charge in [0.15, 0.2) is 5.69 Å². The summed E-state index contributed by atoms with van der Waals surface area (Å²) in [5.74, 6) is -0.233. The van der Waals surface area contributed by atoms with E-state index in [4.69, 9.17) is 0 Å². The van der Waals surface area contributed by atoms with Crippen molar-refractivity contribution in [1.29, 1.82) is 0 Å². The molecule has 0 bridgehead atoms. The van der Waals surface area contributed by atoms with Crippen LogP contribution in [-0.2, 0) is 4.79 Å². The van der Waals surface area contributed by atoms with Crippen LogP contribution in [-0.4, -0.2) is 10.3 Å². The average molecular weight is 185 g/mol. The summed E-state index contributed by atoms with van der Waals surface area (Å²) in [6.45, 7) is 3.03. The van der Waals surface area contributed by atoms with Crippen LogP contribution in [0, 0.1) is 11.8 Å². The maximum Gasteiger partial charge on any atom is 0.221 e. The van der Waals surface area contributed by atoms with Gasteiger partial charge in [0.2, 0.25) is 5.91 Å². The van der Waals surface area contributed by atoms with Gasteiger partial charge in [-0.25, -0.2) is 0 Å². The third-order valence-electron chi connectivity index (χ3n) is 1.21. The van der Waals surface area contributed by atoms with Crippen LogP contribution in [0.25, 0.3) is 0 Å². The molecule has 1 amide bonds. The molecule has 0 fully saturated rings. The van der Waals surface area contributed by atoms with E-state index in [0.717, 1.165) is 11.5 Å². The van der Waals surface area contributed by atoms with Crippen molar-refractivity contribution < 1.29 is 4.79 Å². The number of nitroso groups, excluding NO2 is 1. The van der Waals surface area contributed by atoms with Crippen molar-refractivity contribution in [3.05, 3.63) is 10.6 Å². The highest BCUT2D eigenvalue weighted by molar-refractivity contribution is 7.11. The Labute approximate surface area is 72.9 Å². The molecule has 0 spiro atoms. The largest absolute Gasteiger partial charge is 0.315 e. The maximum absolute atomic E-state index is 10.6. The highest BCUT2D eigenvalue weighted by atomic mass is 32.1. The van der Waals surface area contributed by atoms with E-state index >= 15 is 0 Å². The zero-order chi connectivity index (χ0) is 9.14. The molecule has 1 aromatic rings. The number of amides is 1. The summed E-state index contributed by atoms with van der Waals surface area (Å²) in [5.41, 5.74) is 0.758. The van der Waals surface area contributed by atoms with Crippen LogP contribution >= 0.6 is 11.5 Å². The molecule has 0 aliphatic carbocycles. The van der Waals surface area contributed by atoms with E-state index in [0.29, 0.717) is 10.7 Å². The molecule has 0 saturated heterocycles. The molecule has 64 valence electrons. The minimum atomic E-state index is -0.233. The molecule has 0 saturated carbocycles. The van der Waals surface area contributed by atoms with Gasteiger partial charge < -0.3 is 5.32 Å². The van der Waals surface area contributed by atoms with Crippen molar-refractivity contribution in [3.8, 4) is 0 Å². The summed E-state index contributed by atoms with van der Waals surface area (Å²) in [7, 11) is 0. The summed E-state index contributed by atoms with van der Waals surface area (Å²) < 4.78 is 3.87. The van der Waals surface area contributed by atoms with E-state index < -0.39 is 0 Å². The van der Waals surface area contributed by atoms with Crippen LogP contribution in [0.1, 0.15) is 12.6 Å². The monoisotopic (exact) mass is 185 g/mol. The summed E-state index contributed by atoms with van der Waals surface area (Å²) in [6, 6.07) is 0. The van der Waals surface area contributed by atoms with E-state index in [2.05, 4.69) is 14.9 Å². The molecule has 6 heteroatoms. The number of anilines is 1. The van der Waals surface area contributed by atoms with Crippen LogP contribution in [0.2, 0.25) is 0 Å². The summed E-state index contributed by atoms with van der Waals surface area (Å²) in [5, 5.41) is 5.65. The van der Waals surface area contributed by atoms with Crippen LogP contribution in [0.15, 0.2) is 5.18 Å². The summed E-state index contributed by atoms with van der Waals surface area (Å²) in [6.07, 6.45) is 0. The first-order valence-corrected chi connectivity index (χ1v) is 3.99. The lowest BCUT2D eigenvalue weighted by molar-refractivity contribution is -0.114. The lowest BCUT2D eigenvalue weighted by atomic mass is 10.4. The lowest BCUT2D eigenvalue weighted by Crippen LogP contribution is -2.03. The SMILES string of the molecule is CC(=O)Nc1snc(C)c1N=O. The predicted octanol–water partition coefficient (Wildman–Crippen LogP) is 1.81. The number of hydrogen-bond donors (Lipinski definition) is 1. The third kappa shape index (κ3) is 1.65. The van der Waals surface area contributed by atoms with Crippen LogP contribution < -0.4 is 5.32 Å². The Morgan fingerprint density at radius 3 is 2.83 bits per heavy atom. The summed E-state index contributed by atoms with van der Waals surface area (Å²) >= 11 is 1.05. The molecular formula is C6H7N3O2S. The first kappa shape index (κ1) is 8.79. The molecule has 0 atom stereocenters. The number of carbonyl (C=O) groups excluding carboxylic acids is 1. The molecule has 1 rings (SSSR count). The molecule has 0 aromatic carbocycles. The molecule has 1 heterocycles. The second-order valence-electron chi connectivity index (χ2n) is 2.22. The standard InChI is InChI=1S/C6H7N3O2S/c1-3-5(8-11)6(12-9-3)7-4(2)10/h1-2H3,(H,7,10). The number of carbonyl (C=O) groups is 1. The molecule has 12 heavy (non-hydrogen) atoms. The maximum atomic E-state index is 10.6. The number of rotatable bonds is 2. The van der Waals surface area contributed by atoms with Gasteiger partial charge in [-0.05, 0) is 23.6 Å². The number of nitrogens with zero attached hydrogens (tertiary/aromatic N) is 2. The Bertz CT molecular complexity index is 321. The lowest BCUT2D eigenvalue weighted by Gasteiger charge is -1.94. The molecule has 0 radical (unpaired) electrons. The fourth-order valence-electron chi connectivity index (χ4n) is 0.714. The van der Waals surface area contributed by atoms with Gasteiger partial charge in [-0.3, -0.25) is 4.79 Å². The molecule has 0 unspecified atom stereocenters. The fourth-order valence-corrected chi connectivity index (χ4v) is 1.49. The van der Waals surface area contributed by atoms with Crippen molar-refractivity contribution in [2.75, 3.05) is 5.32 Å². The minimum Gasteiger partial charge on any atom is -0.315 e. The Hall–Kier alpha value is -1.30. The molecule has 0 aliphatic heterocycles. The Morgan fingerprint density at radius 1 is 1.67 bits per heavy atom. The van der Waals surface area contributed by atoms with E-state index in [1.165, 1.54) is 6.92 Å². The number of aryl methyl sites for hydroxylation is 1. The van der Waals surface area contributed by atoms with Gasteiger partial charge in [0, 0.05) is 6.92 Å². The van der Waals surface area contributed by atoms with Crippen molar-refractivity contribution in [3.63, 3.8) is 0 Å². The molecule has 1 aromatic heterocycles. The zero-order valence-electron chi connectivity index (χ0n) is 6.62. The second-order valence-corrected chi connectivity index (χ2v) is 2.99. The minimum absolute atomic E-state index is 0.218. The first-order valence-electron chi connectivity index (χ1n) is 3.22. The first-order chi connectivity index (χ1) is 5.65. The molecule has 0 aliphatic rings. The number of nitrogens with one attached hydrogen (secondary N) is 1. The number of hydrogen-bond acceptors (Lipinski definition) is 5. The fraction of sp³-hybridized carbons (Fsp3) is 0.333. The zero-order valence-corrected chi connectivity index (χ0v) is 7.44. The normalized spacial score (nSPS) is 9.50. The number of aromatic nitrogens is 1. The molecule has 1 N–H and O–H groups in total. The van der Waals surface area contributed by atoms with Gasteiger partial charge in [0.05, 0.1) is 5.69 Å². The molecule has 5 nitrogen and oxygen atoms in total.